The first-order valence-corrected chi connectivity index (χ1v) is 9.46. The normalized spacial score (nSPS) is 14.7. The molecule has 1 unspecified atom stereocenters. The van der Waals surface area contributed by atoms with Crippen LogP contribution < -0.4 is 5.32 Å². The Labute approximate surface area is 133 Å². The van der Waals surface area contributed by atoms with E-state index in [1.54, 1.807) is 24.7 Å². The van der Waals surface area contributed by atoms with E-state index in [0.29, 0.717) is 11.6 Å². The first-order chi connectivity index (χ1) is 9.54. The summed E-state index contributed by atoms with van der Waals surface area (Å²) in [5.74, 6) is 0. The van der Waals surface area contributed by atoms with Crippen LogP contribution >= 0.6 is 11.6 Å². The van der Waals surface area contributed by atoms with Gasteiger partial charge in [0, 0.05) is 12.3 Å². The van der Waals surface area contributed by atoms with Crippen molar-refractivity contribution in [2.24, 2.45) is 0 Å². The predicted octanol–water partition coefficient (Wildman–Crippen LogP) is 2.98. The second-order valence-corrected chi connectivity index (χ2v) is 9.18. The molecule has 0 saturated heterocycles. The summed E-state index contributed by atoms with van der Waals surface area (Å²) in [6, 6.07) is -0.307. The molecule has 0 aliphatic heterocycles. The minimum absolute atomic E-state index is 0.105. The van der Waals surface area contributed by atoms with Gasteiger partial charge in [-0.3, -0.25) is 4.68 Å². The van der Waals surface area contributed by atoms with Gasteiger partial charge in [0.25, 0.3) is 0 Å². The fourth-order valence-corrected chi connectivity index (χ4v) is 3.07. The molecule has 1 aromatic rings. The fraction of sp³-hybridized carbons (Fsp3) is 0.786. The summed E-state index contributed by atoms with van der Waals surface area (Å²) in [6.07, 6.45) is 3.75. The van der Waals surface area contributed by atoms with Gasteiger partial charge in [0.2, 0.25) is 0 Å². The maximum atomic E-state index is 12.2. The Kier molecular flexibility index (Phi) is 5.86. The lowest BCUT2D eigenvalue weighted by atomic mass is 9.99. The second kappa shape index (κ2) is 6.67. The molecule has 0 radical (unpaired) electrons. The Hall–Kier alpha value is -0.590. The van der Waals surface area contributed by atoms with Crippen LogP contribution in [0.15, 0.2) is 6.20 Å². The van der Waals surface area contributed by atoms with Crippen molar-refractivity contribution < 1.29 is 8.42 Å². The van der Waals surface area contributed by atoms with Gasteiger partial charge >= 0.3 is 0 Å². The monoisotopic (exact) mass is 335 g/mol. The third-order valence-electron chi connectivity index (χ3n) is 3.80. The van der Waals surface area contributed by atoms with Crippen LogP contribution in [0.25, 0.3) is 0 Å². The summed E-state index contributed by atoms with van der Waals surface area (Å²) in [6.45, 7) is 10.2. The van der Waals surface area contributed by atoms with Crippen LogP contribution in [0.4, 0.5) is 0 Å². The standard InChI is InChI=1S/C14H26ClN3O2S/c1-7-8-16-13(14(4,5)21(6,19)20)12-11(15)9-17-18(12)10(2)3/h9-10,13,16H,7-8H2,1-6H3. The van der Waals surface area contributed by atoms with Gasteiger partial charge in [0.15, 0.2) is 9.84 Å². The van der Waals surface area contributed by atoms with E-state index in [0.717, 1.165) is 12.1 Å². The lowest BCUT2D eigenvalue weighted by molar-refractivity contribution is 0.380. The minimum Gasteiger partial charge on any atom is -0.307 e. The molecule has 122 valence electrons. The van der Waals surface area contributed by atoms with Crippen LogP contribution in [0.5, 0.6) is 0 Å². The van der Waals surface area contributed by atoms with Gasteiger partial charge in [0.05, 0.1) is 27.7 Å². The first-order valence-electron chi connectivity index (χ1n) is 7.19. The quantitative estimate of drug-likeness (QED) is 0.832. The fourth-order valence-electron chi connectivity index (χ4n) is 2.21. The number of hydrogen-bond acceptors (Lipinski definition) is 4. The molecule has 0 saturated carbocycles. The summed E-state index contributed by atoms with van der Waals surface area (Å²) in [5, 5.41) is 8.11. The molecule has 0 spiro atoms. The van der Waals surface area contributed by atoms with Gasteiger partial charge < -0.3 is 5.32 Å². The largest absolute Gasteiger partial charge is 0.307 e. The Balaban J connectivity index is 3.43. The molecule has 0 bridgehead atoms. The van der Waals surface area contributed by atoms with Crippen molar-refractivity contribution >= 4 is 21.4 Å². The summed E-state index contributed by atoms with van der Waals surface area (Å²) in [4.78, 5) is 0. The molecule has 1 N–H and O–H groups in total. The average Bonchev–Trinajstić information content (AvgIpc) is 2.70. The number of sulfone groups is 1. The van der Waals surface area contributed by atoms with E-state index >= 15 is 0 Å². The Morgan fingerprint density at radius 2 is 2.00 bits per heavy atom. The van der Waals surface area contributed by atoms with Crippen molar-refractivity contribution in [3.8, 4) is 0 Å². The highest BCUT2D eigenvalue weighted by atomic mass is 35.5. The zero-order valence-corrected chi connectivity index (χ0v) is 15.2. The lowest BCUT2D eigenvalue weighted by Gasteiger charge is -2.34. The van der Waals surface area contributed by atoms with Crippen LogP contribution in [0.2, 0.25) is 5.02 Å². The number of nitrogens with zero attached hydrogens (tertiary/aromatic N) is 2. The predicted molar refractivity (Wildman–Crippen MR) is 87.6 cm³/mol. The van der Waals surface area contributed by atoms with Gasteiger partial charge in [-0.15, -0.1) is 0 Å². The zero-order chi connectivity index (χ0) is 16.4. The van der Waals surface area contributed by atoms with Crippen molar-refractivity contribution in [3.63, 3.8) is 0 Å². The number of halogens is 1. The number of hydrogen-bond donors (Lipinski definition) is 1. The van der Waals surface area contributed by atoms with Gasteiger partial charge in [-0.1, -0.05) is 18.5 Å². The lowest BCUT2D eigenvalue weighted by Crippen LogP contribution is -2.46. The van der Waals surface area contributed by atoms with Crippen LogP contribution in [-0.4, -0.2) is 35.7 Å². The van der Waals surface area contributed by atoms with E-state index in [9.17, 15) is 8.42 Å². The Morgan fingerprint density at radius 3 is 2.43 bits per heavy atom. The van der Waals surface area contributed by atoms with E-state index in [1.165, 1.54) is 6.26 Å². The van der Waals surface area contributed by atoms with E-state index in [1.807, 2.05) is 20.8 Å². The summed E-state index contributed by atoms with van der Waals surface area (Å²) in [5.41, 5.74) is 0.732. The minimum atomic E-state index is -3.28. The van der Waals surface area contributed by atoms with Crippen molar-refractivity contribution in [1.82, 2.24) is 15.1 Å². The number of rotatable bonds is 7. The van der Waals surface area contributed by atoms with Crippen molar-refractivity contribution in [3.05, 3.63) is 16.9 Å². The second-order valence-electron chi connectivity index (χ2n) is 6.18. The van der Waals surface area contributed by atoms with E-state index in [2.05, 4.69) is 10.4 Å². The van der Waals surface area contributed by atoms with Crippen molar-refractivity contribution in [2.75, 3.05) is 12.8 Å². The molecule has 5 nitrogen and oxygen atoms in total. The molecule has 1 aromatic heterocycles. The SMILES string of the molecule is CCCNC(c1c(Cl)cnn1C(C)C)C(C)(C)S(C)(=O)=O. The number of nitrogens with one attached hydrogen (secondary N) is 1. The van der Waals surface area contributed by atoms with Gasteiger partial charge in [-0.25, -0.2) is 8.42 Å². The van der Waals surface area contributed by atoms with Gasteiger partial charge in [0.1, 0.15) is 0 Å². The average molecular weight is 336 g/mol. The highest BCUT2D eigenvalue weighted by Gasteiger charge is 2.42. The van der Waals surface area contributed by atoms with Crippen molar-refractivity contribution in [1.29, 1.82) is 0 Å². The summed E-state index contributed by atoms with van der Waals surface area (Å²) >= 11 is 6.30. The zero-order valence-electron chi connectivity index (χ0n) is 13.6. The third kappa shape index (κ3) is 3.79. The first kappa shape index (κ1) is 18.5. The van der Waals surface area contributed by atoms with Crippen LogP contribution in [0, 0.1) is 0 Å². The van der Waals surface area contributed by atoms with Crippen molar-refractivity contribution in [2.45, 2.75) is 57.9 Å². The molecule has 0 fully saturated rings. The van der Waals surface area contributed by atoms with Gasteiger partial charge in [-0.2, -0.15) is 5.10 Å². The molecular weight excluding hydrogens is 310 g/mol. The highest BCUT2D eigenvalue weighted by Crippen LogP contribution is 2.36. The molecule has 0 aliphatic carbocycles. The van der Waals surface area contributed by atoms with Crippen LogP contribution in [0.3, 0.4) is 0 Å². The maximum absolute atomic E-state index is 12.2. The highest BCUT2D eigenvalue weighted by molar-refractivity contribution is 7.92. The molecule has 7 heteroatoms. The van der Waals surface area contributed by atoms with Crippen LogP contribution in [-0.2, 0) is 9.84 Å². The Bertz CT molecular complexity index is 579. The van der Waals surface area contributed by atoms with Gasteiger partial charge in [-0.05, 0) is 40.7 Å². The van der Waals surface area contributed by atoms with E-state index in [-0.39, 0.29) is 6.04 Å². The number of aromatic nitrogens is 2. The maximum Gasteiger partial charge on any atom is 0.154 e. The topological polar surface area (TPSA) is 64.0 Å². The Morgan fingerprint density at radius 1 is 1.43 bits per heavy atom. The molecule has 1 rings (SSSR count). The molecular formula is C14H26ClN3O2S. The summed E-state index contributed by atoms with van der Waals surface area (Å²) in [7, 11) is -3.28. The molecule has 1 atom stereocenters. The van der Waals surface area contributed by atoms with Crippen LogP contribution in [0.1, 0.15) is 58.8 Å². The third-order valence-corrected chi connectivity index (χ3v) is 6.24. The molecule has 0 aromatic carbocycles. The molecule has 0 aliphatic rings. The summed E-state index contributed by atoms with van der Waals surface area (Å²) < 4.78 is 25.3. The smallest absolute Gasteiger partial charge is 0.154 e. The molecule has 1 heterocycles. The molecule has 21 heavy (non-hydrogen) atoms. The van der Waals surface area contributed by atoms with E-state index in [4.69, 9.17) is 11.6 Å². The molecule has 0 amide bonds. The van der Waals surface area contributed by atoms with E-state index < -0.39 is 20.6 Å².